The molecule has 0 atom stereocenters. The van der Waals surface area contributed by atoms with Crippen LogP contribution < -0.4 is 5.32 Å². The van der Waals surface area contributed by atoms with Gasteiger partial charge < -0.3 is 14.8 Å². The van der Waals surface area contributed by atoms with E-state index in [-0.39, 0.29) is 17.9 Å². The number of carbonyl (C=O) groups is 2. The number of piperidine rings is 1. The number of nitrogens with zero attached hydrogens (tertiary/aromatic N) is 2. The normalized spacial score (nSPS) is 18.5. The molecule has 25 heavy (non-hydrogen) atoms. The monoisotopic (exact) mass is 339 g/mol. The summed E-state index contributed by atoms with van der Waals surface area (Å²) in [5.41, 5.74) is 1.82. The van der Waals surface area contributed by atoms with Gasteiger partial charge in [0.15, 0.2) is 0 Å². The van der Waals surface area contributed by atoms with Gasteiger partial charge in [-0.15, -0.1) is 0 Å². The Morgan fingerprint density at radius 3 is 2.52 bits per heavy atom. The van der Waals surface area contributed by atoms with E-state index in [4.69, 9.17) is 0 Å². The van der Waals surface area contributed by atoms with E-state index >= 15 is 0 Å². The van der Waals surface area contributed by atoms with Crippen molar-refractivity contribution in [2.24, 2.45) is 5.92 Å². The van der Waals surface area contributed by atoms with Crippen molar-refractivity contribution in [2.45, 2.75) is 45.2 Å². The van der Waals surface area contributed by atoms with E-state index in [1.54, 1.807) is 0 Å². The second-order valence-electron chi connectivity index (χ2n) is 7.18. The minimum Gasteiger partial charge on any atom is -0.348 e. The third kappa shape index (κ3) is 3.15. The number of para-hydroxylation sites is 1. The van der Waals surface area contributed by atoms with Gasteiger partial charge in [0, 0.05) is 42.5 Å². The Balaban J connectivity index is 1.42. The number of amides is 2. The minimum atomic E-state index is -0.00924. The van der Waals surface area contributed by atoms with Gasteiger partial charge in [0.1, 0.15) is 5.69 Å². The summed E-state index contributed by atoms with van der Waals surface area (Å²) in [5.74, 6) is 0.590. The zero-order valence-corrected chi connectivity index (χ0v) is 14.7. The van der Waals surface area contributed by atoms with E-state index < -0.39 is 0 Å². The molecule has 2 aliphatic rings. The topological polar surface area (TPSA) is 54.3 Å². The minimum absolute atomic E-state index is 0.00924. The average Bonchev–Trinajstić information content (AvgIpc) is 3.41. The molecule has 1 aromatic heterocycles. The number of benzene rings is 1. The second kappa shape index (κ2) is 6.54. The highest BCUT2D eigenvalue weighted by molar-refractivity contribution is 5.99. The molecule has 1 aromatic carbocycles. The number of hydrogen-bond donors (Lipinski definition) is 1. The van der Waals surface area contributed by atoms with Gasteiger partial charge in [-0.05, 0) is 44.7 Å². The Morgan fingerprint density at radius 1 is 1.12 bits per heavy atom. The van der Waals surface area contributed by atoms with Gasteiger partial charge in [-0.3, -0.25) is 9.59 Å². The highest BCUT2D eigenvalue weighted by atomic mass is 16.2. The summed E-state index contributed by atoms with van der Waals surface area (Å²) in [7, 11) is 0. The lowest BCUT2D eigenvalue weighted by Gasteiger charge is -2.32. The Morgan fingerprint density at radius 2 is 1.84 bits per heavy atom. The van der Waals surface area contributed by atoms with Crippen molar-refractivity contribution in [3.05, 3.63) is 36.0 Å². The van der Waals surface area contributed by atoms with Gasteiger partial charge in [-0.25, -0.2) is 0 Å². The predicted molar refractivity (Wildman–Crippen MR) is 97.4 cm³/mol. The standard InChI is InChI=1S/C20H25N3O2/c1-2-23-17-6-4-3-5-15(17)13-18(23)19(24)21-16-9-11-22(12-10-16)20(25)14-7-8-14/h3-6,13-14,16H,2,7-12H2,1H3,(H,21,24). The summed E-state index contributed by atoms with van der Waals surface area (Å²) in [6, 6.07) is 10.2. The molecule has 2 heterocycles. The fourth-order valence-corrected chi connectivity index (χ4v) is 3.83. The van der Waals surface area contributed by atoms with Crippen molar-refractivity contribution >= 4 is 22.7 Å². The van der Waals surface area contributed by atoms with Crippen LogP contribution >= 0.6 is 0 Å². The lowest BCUT2D eigenvalue weighted by molar-refractivity contribution is -0.133. The average molecular weight is 339 g/mol. The number of hydrogen-bond acceptors (Lipinski definition) is 2. The van der Waals surface area contributed by atoms with Crippen LogP contribution in [0.15, 0.2) is 30.3 Å². The van der Waals surface area contributed by atoms with Crippen LogP contribution in [0.3, 0.4) is 0 Å². The molecule has 1 N–H and O–H groups in total. The first-order chi connectivity index (χ1) is 12.2. The third-order valence-corrected chi connectivity index (χ3v) is 5.43. The largest absolute Gasteiger partial charge is 0.348 e. The molecule has 0 spiro atoms. The quantitative estimate of drug-likeness (QED) is 0.931. The molecule has 1 aliphatic carbocycles. The zero-order chi connectivity index (χ0) is 17.4. The Bertz CT molecular complexity index is 798. The van der Waals surface area contributed by atoms with Crippen molar-refractivity contribution in [3.63, 3.8) is 0 Å². The van der Waals surface area contributed by atoms with E-state index in [1.807, 2.05) is 29.2 Å². The van der Waals surface area contributed by atoms with Crippen molar-refractivity contribution in [3.8, 4) is 0 Å². The molecule has 1 saturated heterocycles. The summed E-state index contributed by atoms with van der Waals surface area (Å²) in [4.78, 5) is 26.9. The summed E-state index contributed by atoms with van der Waals surface area (Å²) in [6.07, 6.45) is 3.79. The number of aromatic nitrogens is 1. The first kappa shape index (κ1) is 16.2. The van der Waals surface area contributed by atoms with Crippen LogP contribution in [-0.2, 0) is 11.3 Å². The number of aryl methyl sites for hydroxylation is 1. The molecule has 2 amide bonds. The van der Waals surface area contributed by atoms with Gasteiger partial charge in [-0.1, -0.05) is 18.2 Å². The highest BCUT2D eigenvalue weighted by Gasteiger charge is 2.35. The molecule has 0 radical (unpaired) electrons. The fourth-order valence-electron chi connectivity index (χ4n) is 3.83. The Kier molecular flexibility index (Phi) is 4.24. The summed E-state index contributed by atoms with van der Waals surface area (Å²) in [5, 5.41) is 4.27. The highest BCUT2D eigenvalue weighted by Crippen LogP contribution is 2.32. The number of likely N-dealkylation sites (tertiary alicyclic amines) is 1. The van der Waals surface area contributed by atoms with Gasteiger partial charge in [-0.2, -0.15) is 0 Å². The maximum atomic E-state index is 12.8. The van der Waals surface area contributed by atoms with E-state index in [2.05, 4.69) is 22.9 Å². The first-order valence-electron chi connectivity index (χ1n) is 9.35. The molecule has 5 heteroatoms. The maximum absolute atomic E-state index is 12.8. The predicted octanol–water partition coefficient (Wildman–Crippen LogP) is 2.79. The molecule has 4 rings (SSSR count). The maximum Gasteiger partial charge on any atom is 0.268 e. The number of fused-ring (bicyclic) bond motifs is 1. The van der Waals surface area contributed by atoms with Crippen molar-refractivity contribution < 1.29 is 9.59 Å². The SMILES string of the molecule is CCn1c(C(=O)NC2CCN(C(=O)C3CC3)CC2)cc2ccccc21. The first-order valence-corrected chi connectivity index (χ1v) is 9.35. The molecule has 0 bridgehead atoms. The Labute approximate surface area is 148 Å². The van der Waals surface area contributed by atoms with Crippen LogP contribution in [0.4, 0.5) is 0 Å². The smallest absolute Gasteiger partial charge is 0.268 e. The van der Waals surface area contributed by atoms with Gasteiger partial charge in [0.05, 0.1) is 0 Å². The fraction of sp³-hybridized carbons (Fsp3) is 0.500. The van der Waals surface area contributed by atoms with Crippen LogP contribution in [-0.4, -0.2) is 40.4 Å². The second-order valence-corrected chi connectivity index (χ2v) is 7.18. The molecule has 2 aromatic rings. The summed E-state index contributed by atoms with van der Waals surface area (Å²) in [6.45, 7) is 4.35. The van der Waals surface area contributed by atoms with Crippen LogP contribution in [0.2, 0.25) is 0 Å². The van der Waals surface area contributed by atoms with E-state index in [0.29, 0.717) is 5.91 Å². The summed E-state index contributed by atoms with van der Waals surface area (Å²) >= 11 is 0. The van der Waals surface area contributed by atoms with Crippen LogP contribution in [0, 0.1) is 5.92 Å². The van der Waals surface area contributed by atoms with Gasteiger partial charge in [0.25, 0.3) is 5.91 Å². The lowest BCUT2D eigenvalue weighted by atomic mass is 10.0. The molecular weight excluding hydrogens is 314 g/mol. The van der Waals surface area contributed by atoms with Crippen molar-refractivity contribution in [2.75, 3.05) is 13.1 Å². The lowest BCUT2D eigenvalue weighted by Crippen LogP contribution is -2.47. The van der Waals surface area contributed by atoms with Crippen LogP contribution in [0.25, 0.3) is 10.9 Å². The number of carbonyl (C=O) groups excluding carboxylic acids is 2. The third-order valence-electron chi connectivity index (χ3n) is 5.43. The van der Waals surface area contributed by atoms with E-state index in [0.717, 1.165) is 61.9 Å². The number of rotatable bonds is 4. The zero-order valence-electron chi connectivity index (χ0n) is 14.7. The molecule has 0 unspecified atom stereocenters. The molecule has 1 saturated carbocycles. The molecule has 132 valence electrons. The van der Waals surface area contributed by atoms with E-state index in [1.165, 1.54) is 0 Å². The molecule has 5 nitrogen and oxygen atoms in total. The Hall–Kier alpha value is -2.30. The van der Waals surface area contributed by atoms with E-state index in [9.17, 15) is 9.59 Å². The van der Waals surface area contributed by atoms with Gasteiger partial charge >= 0.3 is 0 Å². The molecule has 2 fully saturated rings. The van der Waals surface area contributed by atoms with Gasteiger partial charge in [0.2, 0.25) is 5.91 Å². The summed E-state index contributed by atoms with van der Waals surface area (Å²) < 4.78 is 2.07. The molecule has 1 aliphatic heterocycles. The van der Waals surface area contributed by atoms with Crippen molar-refractivity contribution in [1.29, 1.82) is 0 Å². The van der Waals surface area contributed by atoms with Crippen LogP contribution in [0.5, 0.6) is 0 Å². The molecular formula is C20H25N3O2. The number of nitrogens with one attached hydrogen (secondary N) is 1. The van der Waals surface area contributed by atoms with Crippen LogP contribution in [0.1, 0.15) is 43.1 Å². The van der Waals surface area contributed by atoms with Crippen molar-refractivity contribution in [1.82, 2.24) is 14.8 Å².